The lowest BCUT2D eigenvalue weighted by molar-refractivity contribution is -0.166. The molecule has 7 heteroatoms. The maximum atomic E-state index is 13.2. The van der Waals surface area contributed by atoms with Crippen LogP contribution in [0.25, 0.3) is 0 Å². The second kappa shape index (κ2) is 9.32. The normalized spacial score (nSPS) is 17.0. The van der Waals surface area contributed by atoms with Crippen molar-refractivity contribution in [1.82, 2.24) is 0 Å². The van der Waals surface area contributed by atoms with Crippen molar-refractivity contribution in [3.63, 3.8) is 0 Å². The monoisotopic (exact) mass is 388 g/mol. The van der Waals surface area contributed by atoms with Gasteiger partial charge in [-0.15, -0.1) is 0 Å². The minimum Gasteiger partial charge on any atom is -0.435 e. The zero-order valence-electron chi connectivity index (χ0n) is 17.0. The molecular formula is C19H33O6P. The fraction of sp³-hybridized carbons (Fsp3) is 0.737. The first-order chi connectivity index (χ1) is 11.8. The van der Waals surface area contributed by atoms with Crippen molar-refractivity contribution in [2.45, 2.75) is 91.6 Å². The molecule has 1 aliphatic carbocycles. The van der Waals surface area contributed by atoms with E-state index in [0.29, 0.717) is 12.8 Å². The molecule has 1 atom stereocenters. The van der Waals surface area contributed by atoms with Crippen molar-refractivity contribution in [2.75, 3.05) is 0 Å². The van der Waals surface area contributed by atoms with E-state index < -0.39 is 31.3 Å². The van der Waals surface area contributed by atoms with Crippen LogP contribution in [-0.2, 0) is 27.7 Å². The Morgan fingerprint density at radius 2 is 1.73 bits per heavy atom. The molecule has 1 unspecified atom stereocenters. The fourth-order valence-electron chi connectivity index (χ4n) is 2.36. The summed E-state index contributed by atoms with van der Waals surface area (Å²) in [6, 6.07) is 0. The average Bonchev–Trinajstić information content (AvgIpc) is 2.40. The van der Waals surface area contributed by atoms with Gasteiger partial charge in [0.15, 0.2) is 0 Å². The van der Waals surface area contributed by atoms with Gasteiger partial charge in [-0.1, -0.05) is 23.8 Å². The smallest absolute Gasteiger partial charge is 0.435 e. The first-order valence-electron chi connectivity index (χ1n) is 9.00. The summed E-state index contributed by atoms with van der Waals surface area (Å²) in [6.07, 6.45) is 8.16. The SMILES string of the molecule is CC(=O)OC(CCC1=CC=CCC1)OP(=O)(OC(C)(C)C)OC(C)(C)C. The molecule has 1 aliphatic rings. The van der Waals surface area contributed by atoms with Crippen molar-refractivity contribution in [2.24, 2.45) is 0 Å². The lowest BCUT2D eigenvalue weighted by Crippen LogP contribution is -2.28. The van der Waals surface area contributed by atoms with Gasteiger partial charge in [-0.25, -0.2) is 9.09 Å². The molecule has 0 amide bonds. The number of hydrogen-bond acceptors (Lipinski definition) is 6. The van der Waals surface area contributed by atoms with Crippen LogP contribution >= 0.6 is 7.82 Å². The Morgan fingerprint density at radius 1 is 1.15 bits per heavy atom. The molecule has 1 rings (SSSR count). The summed E-state index contributed by atoms with van der Waals surface area (Å²) in [5.41, 5.74) is -0.271. The molecule has 0 heterocycles. The van der Waals surface area contributed by atoms with E-state index in [1.165, 1.54) is 12.5 Å². The Kier molecular flexibility index (Phi) is 8.28. The molecule has 0 bridgehead atoms. The Morgan fingerprint density at radius 3 is 2.15 bits per heavy atom. The standard InChI is InChI=1S/C19H33O6P/c1-15(20)22-17(14-13-16-11-9-8-10-12-16)23-26(21,24-18(2,3)4)25-19(5,6)7/h8-9,11,17H,10,12-14H2,1-7H3. The lowest BCUT2D eigenvalue weighted by Gasteiger charge is -2.32. The Labute approximate surface area is 157 Å². The zero-order valence-corrected chi connectivity index (χ0v) is 17.9. The van der Waals surface area contributed by atoms with Gasteiger partial charge in [-0.3, -0.25) is 13.8 Å². The molecule has 0 aromatic rings. The number of rotatable bonds is 8. The summed E-state index contributed by atoms with van der Waals surface area (Å²) in [4.78, 5) is 11.5. The summed E-state index contributed by atoms with van der Waals surface area (Å²) < 4.78 is 35.2. The van der Waals surface area contributed by atoms with Crippen molar-refractivity contribution in [1.29, 1.82) is 0 Å². The van der Waals surface area contributed by atoms with Gasteiger partial charge in [-0.2, -0.15) is 0 Å². The van der Waals surface area contributed by atoms with E-state index in [9.17, 15) is 9.36 Å². The van der Waals surface area contributed by atoms with Crippen LogP contribution in [0.5, 0.6) is 0 Å². The van der Waals surface area contributed by atoms with E-state index in [4.69, 9.17) is 18.3 Å². The van der Waals surface area contributed by atoms with Crippen LogP contribution in [0, 0.1) is 0 Å². The van der Waals surface area contributed by atoms with Gasteiger partial charge in [0.25, 0.3) is 0 Å². The molecule has 0 saturated carbocycles. The van der Waals surface area contributed by atoms with Crippen molar-refractivity contribution >= 4 is 13.8 Å². The van der Waals surface area contributed by atoms with Gasteiger partial charge in [0.1, 0.15) is 0 Å². The van der Waals surface area contributed by atoms with E-state index in [0.717, 1.165) is 12.8 Å². The minimum atomic E-state index is -3.96. The number of carbonyl (C=O) groups excluding carboxylic acids is 1. The molecule has 6 nitrogen and oxygen atoms in total. The van der Waals surface area contributed by atoms with Crippen molar-refractivity contribution in [3.8, 4) is 0 Å². The topological polar surface area (TPSA) is 71.1 Å². The predicted molar refractivity (Wildman–Crippen MR) is 102 cm³/mol. The third-order valence-corrected chi connectivity index (χ3v) is 5.15. The van der Waals surface area contributed by atoms with Gasteiger partial charge < -0.3 is 4.74 Å². The molecule has 0 spiro atoms. The molecule has 0 radical (unpaired) electrons. The number of carbonyl (C=O) groups is 1. The van der Waals surface area contributed by atoms with Crippen LogP contribution in [0.15, 0.2) is 23.8 Å². The van der Waals surface area contributed by atoms with Crippen molar-refractivity contribution in [3.05, 3.63) is 23.8 Å². The third-order valence-electron chi connectivity index (χ3n) is 3.12. The van der Waals surface area contributed by atoms with E-state index in [-0.39, 0.29) is 0 Å². The Bertz CT molecular complexity index is 560. The fourth-order valence-corrected chi connectivity index (χ4v) is 4.26. The van der Waals surface area contributed by atoms with Gasteiger partial charge in [0.05, 0.1) is 11.2 Å². The highest BCUT2D eigenvalue weighted by atomic mass is 31.2. The molecule has 0 aromatic carbocycles. The highest BCUT2D eigenvalue weighted by Crippen LogP contribution is 2.56. The molecule has 0 fully saturated rings. The number of phosphoric ester groups is 1. The number of esters is 1. The molecule has 150 valence electrons. The van der Waals surface area contributed by atoms with Crippen LogP contribution in [0.1, 0.15) is 74.1 Å². The first-order valence-corrected chi connectivity index (χ1v) is 10.5. The quantitative estimate of drug-likeness (QED) is 0.302. The molecule has 0 N–H and O–H groups in total. The maximum absolute atomic E-state index is 13.2. The van der Waals surface area contributed by atoms with Crippen LogP contribution in [0.2, 0.25) is 0 Å². The summed E-state index contributed by atoms with van der Waals surface area (Å²) in [5, 5.41) is 0. The van der Waals surface area contributed by atoms with E-state index in [1.807, 2.05) is 12.2 Å². The zero-order chi connectivity index (χ0) is 20.0. The van der Waals surface area contributed by atoms with Gasteiger partial charge in [-0.05, 0) is 60.8 Å². The number of ether oxygens (including phenoxy) is 1. The summed E-state index contributed by atoms with van der Waals surface area (Å²) in [7, 11) is -3.96. The van der Waals surface area contributed by atoms with Gasteiger partial charge >= 0.3 is 13.8 Å². The average molecular weight is 388 g/mol. The summed E-state index contributed by atoms with van der Waals surface area (Å²) in [6.45, 7) is 11.8. The third kappa shape index (κ3) is 10.3. The minimum absolute atomic E-state index is 0.379. The summed E-state index contributed by atoms with van der Waals surface area (Å²) >= 11 is 0. The summed E-state index contributed by atoms with van der Waals surface area (Å²) in [5.74, 6) is -0.509. The first kappa shape index (κ1) is 23.1. The largest absolute Gasteiger partial charge is 0.478 e. The van der Waals surface area contributed by atoms with Gasteiger partial charge in [0.2, 0.25) is 6.29 Å². The lowest BCUT2D eigenvalue weighted by atomic mass is 10.0. The molecule has 0 saturated heterocycles. The van der Waals surface area contributed by atoms with Crippen LogP contribution < -0.4 is 0 Å². The molecule has 0 aromatic heterocycles. The molecule has 0 aliphatic heterocycles. The number of phosphoric acid groups is 1. The van der Waals surface area contributed by atoms with E-state index in [2.05, 4.69) is 6.08 Å². The van der Waals surface area contributed by atoms with Crippen LogP contribution in [-0.4, -0.2) is 23.5 Å². The van der Waals surface area contributed by atoms with Crippen LogP contribution in [0.3, 0.4) is 0 Å². The van der Waals surface area contributed by atoms with E-state index in [1.54, 1.807) is 41.5 Å². The number of allylic oxidation sites excluding steroid dienone is 4. The molecule has 26 heavy (non-hydrogen) atoms. The van der Waals surface area contributed by atoms with E-state index >= 15 is 0 Å². The maximum Gasteiger partial charge on any atom is 0.478 e. The molecular weight excluding hydrogens is 355 g/mol. The predicted octanol–water partition coefficient (Wildman–Crippen LogP) is 5.69. The van der Waals surface area contributed by atoms with Crippen molar-refractivity contribution < 1.29 is 27.7 Å². The van der Waals surface area contributed by atoms with Crippen LogP contribution in [0.4, 0.5) is 0 Å². The highest BCUT2D eigenvalue weighted by molar-refractivity contribution is 7.48. The second-order valence-electron chi connectivity index (χ2n) is 8.33. The Balaban J connectivity index is 2.90. The Hall–Kier alpha value is -0.940. The second-order valence-corrected chi connectivity index (χ2v) is 9.80. The number of hydrogen-bond donors (Lipinski definition) is 0. The van der Waals surface area contributed by atoms with Gasteiger partial charge in [0, 0.05) is 13.3 Å². The highest BCUT2D eigenvalue weighted by Gasteiger charge is 2.40.